The van der Waals surface area contributed by atoms with E-state index < -0.39 is 28.4 Å². The van der Waals surface area contributed by atoms with Gasteiger partial charge in [0.1, 0.15) is 11.4 Å². The molecule has 2 N–H and O–H groups in total. The molecule has 0 saturated heterocycles. The molecule has 140 valence electrons. The number of rotatable bonds is 1. The van der Waals surface area contributed by atoms with Crippen molar-refractivity contribution in [2.75, 3.05) is 11.9 Å². The highest BCUT2D eigenvalue weighted by atomic mass is 19.4. The summed E-state index contributed by atoms with van der Waals surface area (Å²) in [4.78, 5) is 14.7. The van der Waals surface area contributed by atoms with E-state index in [-0.39, 0.29) is 22.5 Å². The Morgan fingerprint density at radius 2 is 1.81 bits per heavy atom. The van der Waals surface area contributed by atoms with Gasteiger partial charge in [-0.15, -0.1) is 0 Å². The first-order chi connectivity index (χ1) is 12.0. The van der Waals surface area contributed by atoms with Crippen LogP contribution in [-0.2, 0) is 12.1 Å². The Morgan fingerprint density at radius 1 is 1.19 bits per heavy atom. The van der Waals surface area contributed by atoms with Crippen molar-refractivity contribution >= 4 is 11.4 Å². The Bertz CT molecular complexity index is 853. The summed E-state index contributed by atoms with van der Waals surface area (Å²) in [6.07, 6.45) is -4.74. The fourth-order valence-corrected chi connectivity index (χ4v) is 2.65. The number of anilines is 1. The van der Waals surface area contributed by atoms with E-state index >= 15 is 0 Å². The van der Waals surface area contributed by atoms with E-state index in [9.17, 15) is 33.5 Å². The van der Waals surface area contributed by atoms with E-state index in [1.165, 1.54) is 19.2 Å². The number of halogens is 3. The van der Waals surface area contributed by atoms with E-state index in [1.807, 2.05) is 13.8 Å². The lowest BCUT2D eigenvalue weighted by molar-refractivity contribution is -0.384. The molecule has 1 aromatic carbocycles. The highest BCUT2D eigenvalue weighted by molar-refractivity contribution is 5.88. The molecule has 3 rings (SSSR count). The maximum Gasteiger partial charge on any atom is 0.433 e. The van der Waals surface area contributed by atoms with Crippen molar-refractivity contribution in [2.45, 2.75) is 25.9 Å². The first kappa shape index (κ1) is 19.6. The molecule has 10 heteroatoms. The smallest absolute Gasteiger partial charge is 0.345 e. The normalized spacial score (nSPS) is 14.7. The van der Waals surface area contributed by atoms with Gasteiger partial charge in [-0.3, -0.25) is 10.1 Å². The number of pyridine rings is 1. The third-order valence-corrected chi connectivity index (χ3v) is 3.82. The van der Waals surface area contributed by atoms with Gasteiger partial charge in [0.05, 0.1) is 16.2 Å². The summed E-state index contributed by atoms with van der Waals surface area (Å²) in [5.41, 5.74) is -2.61. The van der Waals surface area contributed by atoms with Crippen LogP contribution in [0.15, 0.2) is 30.3 Å². The third-order valence-electron chi connectivity index (χ3n) is 3.82. The number of nitro groups is 1. The average Bonchev–Trinajstić information content (AvgIpc) is 2.59. The zero-order valence-corrected chi connectivity index (χ0v) is 14.1. The largest absolute Gasteiger partial charge is 0.433 e. The van der Waals surface area contributed by atoms with Crippen molar-refractivity contribution in [3.05, 3.63) is 51.7 Å². The SMILES string of the molecule is CC.CN1c2c(cccc2[N+](=O)[O-])-c2nc(C(F)(F)F)ccc2C1(O)O. The molecule has 1 aromatic heterocycles. The summed E-state index contributed by atoms with van der Waals surface area (Å²) in [6.45, 7) is 4.00. The Morgan fingerprint density at radius 3 is 2.35 bits per heavy atom. The third kappa shape index (κ3) is 2.97. The van der Waals surface area contributed by atoms with E-state index in [1.54, 1.807) is 0 Å². The van der Waals surface area contributed by atoms with Crippen molar-refractivity contribution in [3.63, 3.8) is 0 Å². The van der Waals surface area contributed by atoms with Gasteiger partial charge in [0.15, 0.2) is 0 Å². The van der Waals surface area contributed by atoms with Crippen molar-refractivity contribution in [2.24, 2.45) is 0 Å². The van der Waals surface area contributed by atoms with Crippen LogP contribution in [-0.4, -0.2) is 27.2 Å². The minimum absolute atomic E-state index is 0.00604. The van der Waals surface area contributed by atoms with Gasteiger partial charge in [-0.25, -0.2) is 4.98 Å². The van der Waals surface area contributed by atoms with Gasteiger partial charge in [0.25, 0.3) is 11.6 Å². The highest BCUT2D eigenvalue weighted by Crippen LogP contribution is 2.48. The molecule has 0 fully saturated rings. The maximum absolute atomic E-state index is 12.9. The second kappa shape index (κ2) is 6.54. The molecular weight excluding hydrogens is 355 g/mol. The minimum Gasteiger partial charge on any atom is -0.345 e. The first-order valence-electron chi connectivity index (χ1n) is 7.60. The molecule has 0 amide bonds. The highest BCUT2D eigenvalue weighted by Gasteiger charge is 2.45. The first-order valence-corrected chi connectivity index (χ1v) is 7.60. The second-order valence-corrected chi connectivity index (χ2v) is 5.22. The molecule has 2 aromatic rings. The lowest BCUT2D eigenvalue weighted by Crippen LogP contribution is -2.47. The van der Waals surface area contributed by atoms with Gasteiger partial charge in [0.2, 0.25) is 0 Å². The number of aliphatic hydroxyl groups is 2. The molecule has 0 atom stereocenters. The van der Waals surface area contributed by atoms with Crippen molar-refractivity contribution in [1.29, 1.82) is 0 Å². The number of fused-ring (bicyclic) bond motifs is 3. The Hall–Kier alpha value is -2.72. The molecular formula is C16H16F3N3O4. The van der Waals surface area contributed by atoms with Crippen LogP contribution in [0, 0.1) is 10.1 Å². The molecule has 0 bridgehead atoms. The van der Waals surface area contributed by atoms with E-state index in [0.717, 1.165) is 17.0 Å². The van der Waals surface area contributed by atoms with Gasteiger partial charge in [-0.05, 0) is 12.1 Å². The standard InChI is InChI=1S/C14H10F3N3O4.C2H6/c1-19-12-7(3-2-4-9(12)20(23)24)11-8(14(19,21)22)5-6-10(18-11)13(15,16)17;1-2/h2-6,21-22H,1H3;1-2H3. The number of nitrogens with zero attached hydrogens (tertiary/aromatic N) is 3. The molecule has 26 heavy (non-hydrogen) atoms. The summed E-state index contributed by atoms with van der Waals surface area (Å²) in [7, 11) is 1.19. The number of alkyl halides is 3. The monoisotopic (exact) mass is 371 g/mol. The number of hydrogen-bond donors (Lipinski definition) is 2. The summed E-state index contributed by atoms with van der Waals surface area (Å²) in [5, 5.41) is 31.7. The summed E-state index contributed by atoms with van der Waals surface area (Å²) in [5.74, 6) is -2.74. The van der Waals surface area contributed by atoms with Gasteiger partial charge < -0.3 is 15.1 Å². The van der Waals surface area contributed by atoms with Crippen LogP contribution in [0.1, 0.15) is 25.1 Å². The number of nitro benzene ring substituents is 1. The number of aromatic nitrogens is 1. The zero-order chi connectivity index (χ0) is 19.9. The maximum atomic E-state index is 12.9. The fourth-order valence-electron chi connectivity index (χ4n) is 2.65. The zero-order valence-electron chi connectivity index (χ0n) is 14.1. The van der Waals surface area contributed by atoms with Crippen LogP contribution in [0.4, 0.5) is 24.5 Å². The van der Waals surface area contributed by atoms with Crippen LogP contribution < -0.4 is 4.90 Å². The minimum atomic E-state index is -4.74. The molecule has 0 radical (unpaired) electrons. The van der Waals surface area contributed by atoms with E-state index in [2.05, 4.69) is 4.98 Å². The van der Waals surface area contributed by atoms with Crippen LogP contribution in [0.3, 0.4) is 0 Å². The average molecular weight is 371 g/mol. The lowest BCUT2D eigenvalue weighted by Gasteiger charge is -2.39. The van der Waals surface area contributed by atoms with Crippen LogP contribution in [0.5, 0.6) is 0 Å². The molecule has 0 aliphatic carbocycles. The summed E-state index contributed by atoms with van der Waals surface area (Å²) in [6, 6.07) is 5.25. The quantitative estimate of drug-likeness (QED) is 0.454. The molecule has 0 spiro atoms. The van der Waals surface area contributed by atoms with Gasteiger partial charge in [-0.2, -0.15) is 13.2 Å². The van der Waals surface area contributed by atoms with Crippen LogP contribution in [0.2, 0.25) is 0 Å². The molecule has 1 aliphatic heterocycles. The molecule has 0 unspecified atom stereocenters. The molecule has 1 aliphatic rings. The van der Waals surface area contributed by atoms with Gasteiger partial charge in [-0.1, -0.05) is 26.0 Å². The predicted molar refractivity (Wildman–Crippen MR) is 87.2 cm³/mol. The van der Waals surface area contributed by atoms with Crippen LogP contribution >= 0.6 is 0 Å². The lowest BCUT2D eigenvalue weighted by atomic mass is 9.94. The van der Waals surface area contributed by atoms with Crippen molar-refractivity contribution in [3.8, 4) is 11.3 Å². The number of benzene rings is 1. The molecule has 0 saturated carbocycles. The summed E-state index contributed by atoms with van der Waals surface area (Å²) >= 11 is 0. The number of para-hydroxylation sites is 1. The molecule has 2 heterocycles. The Balaban J connectivity index is 0.00000117. The van der Waals surface area contributed by atoms with Gasteiger partial charge >= 0.3 is 6.18 Å². The summed E-state index contributed by atoms with van der Waals surface area (Å²) < 4.78 is 38.7. The van der Waals surface area contributed by atoms with Crippen LogP contribution in [0.25, 0.3) is 11.3 Å². The second-order valence-electron chi connectivity index (χ2n) is 5.22. The topological polar surface area (TPSA) is 99.7 Å². The van der Waals surface area contributed by atoms with Crippen molar-refractivity contribution < 1.29 is 28.3 Å². The van der Waals surface area contributed by atoms with Crippen molar-refractivity contribution in [1.82, 2.24) is 4.98 Å². The number of hydrogen-bond acceptors (Lipinski definition) is 6. The fraction of sp³-hybridized carbons (Fsp3) is 0.312. The van der Waals surface area contributed by atoms with E-state index in [4.69, 9.17) is 0 Å². The van der Waals surface area contributed by atoms with Gasteiger partial charge in [0, 0.05) is 18.7 Å². The Kier molecular flexibility index (Phi) is 4.93. The molecule has 7 nitrogen and oxygen atoms in total. The Labute approximate surface area is 146 Å². The predicted octanol–water partition coefficient (Wildman–Crippen LogP) is 3.25. The van der Waals surface area contributed by atoms with E-state index in [0.29, 0.717) is 6.07 Å².